The second kappa shape index (κ2) is 8.40. The van der Waals surface area contributed by atoms with Gasteiger partial charge in [-0.1, -0.05) is 45.6 Å². The first kappa shape index (κ1) is 22.4. The Bertz CT molecular complexity index is 606. The van der Waals surface area contributed by atoms with Crippen molar-refractivity contribution in [3.63, 3.8) is 0 Å². The van der Waals surface area contributed by atoms with Gasteiger partial charge < -0.3 is 13.9 Å². The minimum Gasteiger partial charge on any atom is -0.490 e. The van der Waals surface area contributed by atoms with E-state index in [9.17, 15) is 4.79 Å². The van der Waals surface area contributed by atoms with Gasteiger partial charge in [0, 0.05) is 0 Å². The molecule has 1 atom stereocenters. The number of esters is 1. The van der Waals surface area contributed by atoms with Gasteiger partial charge in [0.25, 0.3) is 0 Å². The van der Waals surface area contributed by atoms with Crippen molar-refractivity contribution < 1.29 is 18.7 Å². The maximum atomic E-state index is 12.7. The summed E-state index contributed by atoms with van der Waals surface area (Å²) in [4.78, 5) is 12.7. The van der Waals surface area contributed by atoms with Crippen molar-refractivity contribution in [3.05, 3.63) is 36.4 Å². The molecule has 146 valence electrons. The number of hydrogen-bond donors (Lipinski definition) is 0. The summed E-state index contributed by atoms with van der Waals surface area (Å²) in [5, 5.41) is -0.0150. The highest BCUT2D eigenvalue weighted by atomic mass is 28.4. The van der Waals surface area contributed by atoms with E-state index in [2.05, 4.69) is 40.4 Å². The molecule has 0 spiro atoms. The molecular formula is C21H34O4Si. The molecule has 4 nitrogen and oxygen atoms in total. The monoisotopic (exact) mass is 378 g/mol. The van der Waals surface area contributed by atoms with E-state index < -0.39 is 20.0 Å². The van der Waals surface area contributed by atoms with Gasteiger partial charge in [-0.3, -0.25) is 0 Å². The van der Waals surface area contributed by atoms with E-state index in [1.807, 2.05) is 45.0 Å². The molecule has 0 aromatic heterocycles. The SMILES string of the molecule is C=Cc1ccc(OCC(O[Si](C)(C)C(C)(C)C)C(=O)OC(C)(C)C)cc1. The molecule has 1 unspecified atom stereocenters. The standard InChI is InChI=1S/C21H34O4Si/c1-10-16-11-13-17(14-12-16)23-15-18(19(22)24-20(2,3)4)25-26(8,9)21(5,6)7/h10-14,18H,1,15H2,2-9H3. The van der Waals surface area contributed by atoms with Crippen LogP contribution in [0.15, 0.2) is 30.8 Å². The number of benzene rings is 1. The van der Waals surface area contributed by atoms with E-state index in [-0.39, 0.29) is 17.6 Å². The molecule has 0 N–H and O–H groups in total. The van der Waals surface area contributed by atoms with Gasteiger partial charge in [0.1, 0.15) is 18.0 Å². The molecule has 0 radical (unpaired) electrons. The van der Waals surface area contributed by atoms with Gasteiger partial charge >= 0.3 is 5.97 Å². The lowest BCUT2D eigenvalue weighted by molar-refractivity contribution is -0.165. The summed E-state index contributed by atoms with van der Waals surface area (Å²) in [6, 6.07) is 7.55. The second-order valence-corrected chi connectivity index (χ2v) is 13.7. The van der Waals surface area contributed by atoms with Crippen LogP contribution >= 0.6 is 0 Å². The lowest BCUT2D eigenvalue weighted by atomic mass is 10.2. The Hall–Kier alpha value is -1.59. The van der Waals surface area contributed by atoms with Crippen LogP contribution in [0.2, 0.25) is 18.1 Å². The van der Waals surface area contributed by atoms with Crippen LogP contribution in [0, 0.1) is 0 Å². The first-order valence-electron chi connectivity index (χ1n) is 9.01. The zero-order valence-corrected chi connectivity index (χ0v) is 18.5. The summed E-state index contributed by atoms with van der Waals surface area (Å²) in [6.45, 7) is 20.1. The molecule has 0 heterocycles. The van der Waals surface area contributed by atoms with Crippen molar-refractivity contribution in [2.75, 3.05) is 6.61 Å². The number of carbonyl (C=O) groups excluding carboxylic acids is 1. The molecule has 0 aliphatic carbocycles. The minimum absolute atomic E-state index is 0.0150. The lowest BCUT2D eigenvalue weighted by Crippen LogP contribution is -2.49. The van der Waals surface area contributed by atoms with Crippen molar-refractivity contribution in [1.29, 1.82) is 0 Å². The fourth-order valence-corrected chi connectivity index (χ4v) is 3.15. The maximum absolute atomic E-state index is 12.7. The van der Waals surface area contributed by atoms with Crippen LogP contribution in [-0.4, -0.2) is 32.6 Å². The van der Waals surface area contributed by atoms with Crippen LogP contribution in [0.1, 0.15) is 47.1 Å². The first-order valence-corrected chi connectivity index (χ1v) is 11.9. The molecule has 26 heavy (non-hydrogen) atoms. The van der Waals surface area contributed by atoms with Gasteiger partial charge in [0.2, 0.25) is 0 Å². The summed E-state index contributed by atoms with van der Waals surface area (Å²) in [5.41, 5.74) is 0.441. The molecule has 0 aliphatic heterocycles. The molecule has 0 saturated heterocycles. The largest absolute Gasteiger partial charge is 0.490 e. The normalized spacial score (nSPS) is 13.8. The van der Waals surface area contributed by atoms with Crippen molar-refractivity contribution >= 4 is 20.4 Å². The molecule has 0 aliphatic rings. The number of ether oxygens (including phenoxy) is 2. The predicted molar refractivity (Wildman–Crippen MR) is 110 cm³/mol. The quantitative estimate of drug-likeness (QED) is 0.468. The van der Waals surface area contributed by atoms with Crippen LogP contribution in [-0.2, 0) is 14.0 Å². The van der Waals surface area contributed by atoms with Gasteiger partial charge in [-0.25, -0.2) is 4.79 Å². The van der Waals surface area contributed by atoms with Crippen LogP contribution in [0.25, 0.3) is 6.08 Å². The average Bonchev–Trinajstić information content (AvgIpc) is 2.49. The van der Waals surface area contributed by atoms with Crippen molar-refractivity contribution in [1.82, 2.24) is 0 Å². The molecule has 0 bridgehead atoms. The topological polar surface area (TPSA) is 44.8 Å². The Morgan fingerprint density at radius 2 is 1.65 bits per heavy atom. The van der Waals surface area contributed by atoms with E-state index >= 15 is 0 Å². The van der Waals surface area contributed by atoms with Gasteiger partial charge in [-0.05, 0) is 56.6 Å². The van der Waals surface area contributed by atoms with Crippen LogP contribution in [0.4, 0.5) is 0 Å². The summed E-state index contributed by atoms with van der Waals surface area (Å²) in [5.74, 6) is 0.299. The fourth-order valence-electron chi connectivity index (χ4n) is 1.92. The van der Waals surface area contributed by atoms with E-state index in [1.165, 1.54) is 0 Å². The summed E-state index contributed by atoms with van der Waals surface area (Å²) in [6.07, 6.45) is 1.02. The number of hydrogen-bond acceptors (Lipinski definition) is 4. The summed E-state index contributed by atoms with van der Waals surface area (Å²) >= 11 is 0. The molecule has 1 aromatic rings. The van der Waals surface area contributed by atoms with Crippen molar-refractivity contribution in [2.24, 2.45) is 0 Å². The van der Waals surface area contributed by atoms with E-state index in [4.69, 9.17) is 13.9 Å². The first-order chi connectivity index (χ1) is 11.7. The third-order valence-electron chi connectivity index (χ3n) is 4.43. The Labute approximate surface area is 159 Å². The fraction of sp³-hybridized carbons (Fsp3) is 0.571. The average molecular weight is 379 g/mol. The summed E-state index contributed by atoms with van der Waals surface area (Å²) in [7, 11) is -2.15. The molecule has 1 rings (SSSR count). The molecule has 0 amide bonds. The highest BCUT2D eigenvalue weighted by molar-refractivity contribution is 6.74. The third-order valence-corrected chi connectivity index (χ3v) is 8.92. The third kappa shape index (κ3) is 6.96. The Balaban J connectivity index is 2.92. The predicted octanol–water partition coefficient (Wildman–Crippen LogP) is 5.44. The molecule has 1 aromatic carbocycles. The van der Waals surface area contributed by atoms with Crippen LogP contribution < -0.4 is 4.74 Å². The number of rotatable bonds is 7. The van der Waals surface area contributed by atoms with Gasteiger partial charge in [-0.15, -0.1) is 0 Å². The number of carbonyl (C=O) groups is 1. The second-order valence-electron chi connectivity index (χ2n) is 8.98. The van der Waals surface area contributed by atoms with Crippen molar-refractivity contribution in [2.45, 2.75) is 71.4 Å². The smallest absolute Gasteiger partial charge is 0.338 e. The molecule has 0 fully saturated rings. The molecule has 0 saturated carbocycles. The van der Waals surface area contributed by atoms with Crippen LogP contribution in [0.5, 0.6) is 5.75 Å². The van der Waals surface area contributed by atoms with Crippen LogP contribution in [0.3, 0.4) is 0 Å². The van der Waals surface area contributed by atoms with Gasteiger partial charge in [0.05, 0.1) is 0 Å². The van der Waals surface area contributed by atoms with Gasteiger partial charge in [-0.2, -0.15) is 0 Å². The Morgan fingerprint density at radius 3 is 2.08 bits per heavy atom. The zero-order valence-electron chi connectivity index (χ0n) is 17.5. The van der Waals surface area contributed by atoms with E-state index in [1.54, 1.807) is 6.08 Å². The molecular weight excluding hydrogens is 344 g/mol. The Kier molecular flexibility index (Phi) is 7.25. The van der Waals surface area contributed by atoms with Crippen molar-refractivity contribution in [3.8, 4) is 5.75 Å². The minimum atomic E-state index is -2.15. The van der Waals surface area contributed by atoms with E-state index in [0.717, 1.165) is 5.56 Å². The van der Waals surface area contributed by atoms with Gasteiger partial charge in [0.15, 0.2) is 14.4 Å². The van der Waals surface area contributed by atoms with E-state index in [0.29, 0.717) is 5.75 Å². The maximum Gasteiger partial charge on any atom is 0.338 e. The Morgan fingerprint density at radius 1 is 1.12 bits per heavy atom. The highest BCUT2D eigenvalue weighted by Crippen LogP contribution is 2.37. The lowest BCUT2D eigenvalue weighted by Gasteiger charge is -2.39. The zero-order chi connectivity index (χ0) is 20.2. The summed E-state index contributed by atoms with van der Waals surface area (Å²) < 4.78 is 17.7. The molecule has 5 heteroatoms. The highest BCUT2D eigenvalue weighted by Gasteiger charge is 2.42.